The number of amidine groups is 2. The van der Waals surface area contributed by atoms with E-state index in [1.165, 1.54) is 48.7 Å². The average Bonchev–Trinajstić information content (AvgIpc) is 3.58. The summed E-state index contributed by atoms with van der Waals surface area (Å²) in [7, 11) is 0. The second kappa shape index (κ2) is 12.7. The van der Waals surface area contributed by atoms with Gasteiger partial charge in [0.25, 0.3) is 0 Å². The third kappa shape index (κ3) is 5.30. The van der Waals surface area contributed by atoms with Crippen molar-refractivity contribution >= 4 is 65.8 Å². The van der Waals surface area contributed by atoms with Gasteiger partial charge in [-0.15, -0.1) is 0 Å². The van der Waals surface area contributed by atoms with Crippen molar-refractivity contribution in [3.05, 3.63) is 211 Å². The quantitative estimate of drug-likeness (QED) is 0.178. The minimum absolute atomic E-state index is 0.403. The van der Waals surface area contributed by atoms with Gasteiger partial charge in [0, 0.05) is 27.6 Å². The standard InChI is InChI=1S/C51H34N4/c1-2-12-35(13-3-1)49-52-50(54-51(53-49)46-31-39-16-6-7-17-41(39)42-18-8-9-19-43(42)46)36-24-22-33(23-25-36)34-26-28-40(29-27-34)55-47-21-11-10-20-44(47)45-30-37-14-4-5-15-38(37)32-48(45)55/h1-32,50H,(H,52,53,54). The molecule has 258 valence electrons. The van der Waals surface area contributed by atoms with E-state index in [0.29, 0.717) is 0 Å². The number of hydrogen-bond acceptors (Lipinski definition) is 3. The zero-order valence-electron chi connectivity index (χ0n) is 29.9. The molecule has 0 radical (unpaired) electrons. The predicted octanol–water partition coefficient (Wildman–Crippen LogP) is 12.4. The van der Waals surface area contributed by atoms with Crippen molar-refractivity contribution in [2.45, 2.75) is 6.17 Å². The van der Waals surface area contributed by atoms with Gasteiger partial charge in [-0.05, 0) is 85.4 Å². The van der Waals surface area contributed by atoms with Crippen LogP contribution in [-0.2, 0) is 0 Å². The van der Waals surface area contributed by atoms with Gasteiger partial charge in [-0.1, -0.05) is 158 Å². The molecule has 0 spiro atoms. The van der Waals surface area contributed by atoms with Gasteiger partial charge in [0.15, 0.2) is 6.17 Å². The lowest BCUT2D eigenvalue weighted by Crippen LogP contribution is -2.36. The zero-order chi connectivity index (χ0) is 36.3. The molecular weight excluding hydrogens is 669 g/mol. The summed E-state index contributed by atoms with van der Waals surface area (Å²) in [6.07, 6.45) is -0.403. The fraction of sp³-hybridized carbons (Fsp3) is 0.0196. The topological polar surface area (TPSA) is 41.7 Å². The summed E-state index contributed by atoms with van der Waals surface area (Å²) < 4.78 is 2.39. The highest BCUT2D eigenvalue weighted by atomic mass is 15.2. The van der Waals surface area contributed by atoms with Gasteiger partial charge in [-0.25, -0.2) is 9.98 Å². The molecule has 4 heteroatoms. The Morgan fingerprint density at radius 1 is 0.382 bits per heavy atom. The molecule has 2 heterocycles. The SMILES string of the molecule is c1ccc(C2=NC(c3ccc(-c4ccc(-n5c6ccccc6c6cc7ccccc7cc65)cc4)cc3)N=C(c3cc4ccccc4c4ccccc34)N2)cc1. The third-order valence-corrected chi connectivity index (χ3v) is 11.0. The summed E-state index contributed by atoms with van der Waals surface area (Å²) in [5.74, 6) is 1.63. The first-order chi connectivity index (χ1) is 27.2. The highest BCUT2D eigenvalue weighted by Gasteiger charge is 2.23. The molecule has 1 aliphatic heterocycles. The molecule has 1 unspecified atom stereocenters. The molecule has 9 aromatic carbocycles. The predicted molar refractivity (Wildman–Crippen MR) is 231 cm³/mol. The van der Waals surface area contributed by atoms with Crippen molar-refractivity contribution in [2.75, 3.05) is 0 Å². The smallest absolute Gasteiger partial charge is 0.169 e. The number of para-hydroxylation sites is 1. The fourth-order valence-corrected chi connectivity index (χ4v) is 8.31. The van der Waals surface area contributed by atoms with Crippen LogP contribution in [0.2, 0.25) is 0 Å². The van der Waals surface area contributed by atoms with Gasteiger partial charge in [0.05, 0.1) is 11.0 Å². The molecule has 4 nitrogen and oxygen atoms in total. The van der Waals surface area contributed by atoms with Gasteiger partial charge >= 0.3 is 0 Å². The summed E-state index contributed by atoms with van der Waals surface area (Å²) in [5, 5.41) is 13.4. The Balaban J connectivity index is 0.965. The van der Waals surface area contributed by atoms with E-state index in [1.807, 2.05) is 6.07 Å². The number of benzene rings is 9. The number of nitrogens with one attached hydrogen (secondary N) is 1. The van der Waals surface area contributed by atoms with E-state index >= 15 is 0 Å². The molecule has 1 N–H and O–H groups in total. The zero-order valence-corrected chi connectivity index (χ0v) is 29.9. The van der Waals surface area contributed by atoms with E-state index < -0.39 is 6.17 Å². The number of aromatic nitrogens is 1. The number of aliphatic imine (C=N–C) groups is 2. The van der Waals surface area contributed by atoms with Crippen molar-refractivity contribution in [1.29, 1.82) is 0 Å². The van der Waals surface area contributed by atoms with Crippen LogP contribution in [0.3, 0.4) is 0 Å². The highest BCUT2D eigenvalue weighted by molar-refractivity contribution is 6.23. The van der Waals surface area contributed by atoms with Gasteiger partial charge in [0.2, 0.25) is 0 Å². The summed E-state index contributed by atoms with van der Waals surface area (Å²) in [5.41, 5.74) is 9.00. The molecule has 0 amide bonds. The molecule has 1 atom stereocenters. The van der Waals surface area contributed by atoms with Gasteiger partial charge in [-0.3, -0.25) is 0 Å². The van der Waals surface area contributed by atoms with Crippen molar-refractivity contribution in [1.82, 2.24) is 9.88 Å². The highest BCUT2D eigenvalue weighted by Crippen LogP contribution is 2.36. The number of fused-ring (bicyclic) bond motifs is 7. The first-order valence-corrected chi connectivity index (χ1v) is 18.8. The van der Waals surface area contributed by atoms with Crippen LogP contribution in [0.25, 0.3) is 70.9 Å². The maximum Gasteiger partial charge on any atom is 0.169 e. The Hall–Kier alpha value is -7.30. The van der Waals surface area contributed by atoms with E-state index in [4.69, 9.17) is 9.98 Å². The van der Waals surface area contributed by atoms with Crippen LogP contribution in [0, 0.1) is 0 Å². The normalized spacial score (nSPS) is 14.4. The molecule has 11 rings (SSSR count). The van der Waals surface area contributed by atoms with Gasteiger partial charge in [0.1, 0.15) is 11.7 Å². The monoisotopic (exact) mass is 702 g/mol. The summed E-state index contributed by atoms with van der Waals surface area (Å²) in [4.78, 5) is 10.4. The molecular formula is C51H34N4. The fourth-order valence-electron chi connectivity index (χ4n) is 8.31. The van der Waals surface area contributed by atoms with E-state index in [1.54, 1.807) is 0 Å². The van der Waals surface area contributed by atoms with Crippen molar-refractivity contribution < 1.29 is 0 Å². The van der Waals surface area contributed by atoms with E-state index in [-0.39, 0.29) is 0 Å². The summed E-state index contributed by atoms with van der Waals surface area (Å²) in [6.45, 7) is 0. The van der Waals surface area contributed by atoms with Crippen LogP contribution < -0.4 is 5.32 Å². The maximum absolute atomic E-state index is 5.28. The first-order valence-electron chi connectivity index (χ1n) is 18.8. The van der Waals surface area contributed by atoms with Crippen LogP contribution in [0.1, 0.15) is 22.9 Å². The molecule has 0 fully saturated rings. The van der Waals surface area contributed by atoms with Crippen LogP contribution >= 0.6 is 0 Å². The molecule has 0 bridgehead atoms. The lowest BCUT2D eigenvalue weighted by atomic mass is 9.96. The molecule has 0 saturated carbocycles. The van der Waals surface area contributed by atoms with Crippen LogP contribution in [0.15, 0.2) is 204 Å². The van der Waals surface area contributed by atoms with E-state index in [9.17, 15) is 0 Å². The van der Waals surface area contributed by atoms with Crippen LogP contribution in [0.4, 0.5) is 0 Å². The Labute approximate surface area is 318 Å². The summed E-state index contributed by atoms with van der Waals surface area (Å²) >= 11 is 0. The molecule has 1 aliphatic rings. The minimum Gasteiger partial charge on any atom is -0.324 e. The lowest BCUT2D eigenvalue weighted by molar-refractivity contribution is 0.756. The van der Waals surface area contributed by atoms with Crippen LogP contribution in [0.5, 0.6) is 0 Å². The Morgan fingerprint density at radius 2 is 0.964 bits per heavy atom. The van der Waals surface area contributed by atoms with E-state index in [2.05, 4.69) is 198 Å². The van der Waals surface area contributed by atoms with E-state index in [0.717, 1.165) is 50.6 Å². The molecule has 55 heavy (non-hydrogen) atoms. The third-order valence-electron chi connectivity index (χ3n) is 11.0. The Kier molecular flexibility index (Phi) is 7.20. The lowest BCUT2D eigenvalue weighted by Gasteiger charge is -2.23. The Morgan fingerprint density at radius 3 is 1.73 bits per heavy atom. The molecule has 10 aromatic rings. The summed E-state index contributed by atoms with van der Waals surface area (Å²) in [6, 6.07) is 69.3. The van der Waals surface area contributed by atoms with Crippen molar-refractivity contribution in [3.8, 4) is 16.8 Å². The minimum atomic E-state index is -0.403. The maximum atomic E-state index is 5.28. The number of rotatable bonds is 5. The van der Waals surface area contributed by atoms with Crippen LogP contribution in [-0.4, -0.2) is 16.2 Å². The van der Waals surface area contributed by atoms with Crippen molar-refractivity contribution in [2.24, 2.45) is 9.98 Å². The second-order valence-corrected chi connectivity index (χ2v) is 14.2. The Bertz CT molecular complexity index is 3150. The average molecular weight is 703 g/mol. The first kappa shape index (κ1) is 31.2. The van der Waals surface area contributed by atoms with Gasteiger partial charge in [-0.2, -0.15) is 0 Å². The number of hydrogen-bond donors (Lipinski definition) is 1. The molecule has 0 aliphatic carbocycles. The van der Waals surface area contributed by atoms with Gasteiger partial charge < -0.3 is 9.88 Å². The largest absolute Gasteiger partial charge is 0.324 e. The second-order valence-electron chi connectivity index (χ2n) is 14.2. The molecule has 0 saturated heterocycles. The number of nitrogens with zero attached hydrogens (tertiary/aromatic N) is 3. The van der Waals surface area contributed by atoms with Crippen molar-refractivity contribution in [3.63, 3.8) is 0 Å². The molecule has 1 aromatic heterocycles.